The number of ether oxygens (including phenoxy) is 1. The van der Waals surface area contributed by atoms with E-state index in [9.17, 15) is 0 Å². The summed E-state index contributed by atoms with van der Waals surface area (Å²) in [4.78, 5) is 4.67. The van der Waals surface area contributed by atoms with Crippen molar-refractivity contribution < 1.29 is 4.74 Å². The second-order valence-corrected chi connectivity index (χ2v) is 5.71. The van der Waals surface area contributed by atoms with Gasteiger partial charge in [0.1, 0.15) is 5.75 Å². The largest absolute Gasteiger partial charge is 0.496 e. The third-order valence-corrected chi connectivity index (χ3v) is 4.54. The van der Waals surface area contributed by atoms with E-state index in [1.54, 1.807) is 7.11 Å². The Bertz CT molecular complexity index is 425. The highest BCUT2D eigenvalue weighted by atomic mass is 16.5. The lowest BCUT2D eigenvalue weighted by molar-refractivity contribution is 0.245. The summed E-state index contributed by atoms with van der Waals surface area (Å²) in [7, 11) is 1.74. The van der Waals surface area contributed by atoms with Crippen molar-refractivity contribution in [2.45, 2.75) is 53.9 Å². The van der Waals surface area contributed by atoms with Crippen LogP contribution in [0.15, 0.2) is 6.20 Å². The van der Waals surface area contributed by atoms with Crippen molar-refractivity contribution in [2.24, 2.45) is 5.41 Å². The van der Waals surface area contributed by atoms with Crippen LogP contribution in [0, 0.1) is 19.3 Å². The Morgan fingerprint density at radius 2 is 1.85 bits per heavy atom. The average molecular weight is 278 g/mol. The topological polar surface area (TPSA) is 34.2 Å². The lowest BCUT2D eigenvalue weighted by Crippen LogP contribution is -2.35. The van der Waals surface area contributed by atoms with Crippen LogP contribution >= 0.6 is 0 Å². The molecule has 1 heterocycles. The maximum absolute atomic E-state index is 5.52. The van der Waals surface area contributed by atoms with E-state index in [4.69, 9.17) is 4.74 Å². The average Bonchev–Trinajstić information content (AvgIpc) is 2.47. The van der Waals surface area contributed by atoms with Crippen LogP contribution in [0.1, 0.15) is 50.4 Å². The highest BCUT2D eigenvalue weighted by molar-refractivity contribution is 5.41. The maximum atomic E-state index is 5.52. The summed E-state index contributed by atoms with van der Waals surface area (Å²) < 4.78 is 5.52. The van der Waals surface area contributed by atoms with E-state index in [1.807, 2.05) is 13.1 Å². The molecule has 0 aliphatic rings. The first-order chi connectivity index (χ1) is 9.53. The van der Waals surface area contributed by atoms with Crippen LogP contribution in [-0.2, 0) is 6.42 Å². The monoisotopic (exact) mass is 278 g/mol. The van der Waals surface area contributed by atoms with Crippen LogP contribution in [-0.4, -0.2) is 25.2 Å². The molecule has 20 heavy (non-hydrogen) atoms. The van der Waals surface area contributed by atoms with Crippen LogP contribution in [0.25, 0.3) is 0 Å². The Morgan fingerprint density at radius 1 is 1.20 bits per heavy atom. The summed E-state index contributed by atoms with van der Waals surface area (Å²) in [6.07, 6.45) is 5.27. The Balaban J connectivity index is 3.05. The van der Waals surface area contributed by atoms with Gasteiger partial charge < -0.3 is 10.1 Å². The predicted octanol–water partition coefficient (Wildman–Crippen LogP) is 3.67. The van der Waals surface area contributed by atoms with E-state index in [-0.39, 0.29) is 5.41 Å². The molecule has 0 atom stereocenters. The quantitative estimate of drug-likeness (QED) is 0.788. The van der Waals surface area contributed by atoms with E-state index in [0.29, 0.717) is 0 Å². The van der Waals surface area contributed by atoms with Crippen molar-refractivity contribution in [3.63, 3.8) is 0 Å². The van der Waals surface area contributed by atoms with Crippen molar-refractivity contribution in [1.82, 2.24) is 10.3 Å². The zero-order valence-corrected chi connectivity index (χ0v) is 14.0. The molecular formula is C17H30N2O. The fourth-order valence-electron chi connectivity index (χ4n) is 2.81. The molecule has 0 amide bonds. The number of nitrogens with one attached hydrogen (secondary N) is 1. The van der Waals surface area contributed by atoms with Crippen LogP contribution in [0.5, 0.6) is 5.75 Å². The molecule has 0 saturated heterocycles. The SMILES string of the molecule is CCNCC(CC)(CC)Cc1ncc(C)c(OC)c1C. The van der Waals surface area contributed by atoms with Crippen molar-refractivity contribution in [3.05, 3.63) is 23.0 Å². The number of aromatic nitrogens is 1. The number of nitrogens with zero attached hydrogens (tertiary/aromatic N) is 1. The van der Waals surface area contributed by atoms with Gasteiger partial charge in [-0.25, -0.2) is 0 Å². The highest BCUT2D eigenvalue weighted by Gasteiger charge is 2.28. The van der Waals surface area contributed by atoms with Gasteiger partial charge in [0.05, 0.1) is 7.11 Å². The van der Waals surface area contributed by atoms with Gasteiger partial charge >= 0.3 is 0 Å². The lowest BCUT2D eigenvalue weighted by atomic mass is 9.77. The molecule has 1 aromatic rings. The molecule has 114 valence electrons. The standard InChI is InChI=1S/C17H30N2O/c1-7-17(8-2,12-18-9-3)10-15-14(5)16(20-6)13(4)11-19-15/h11,18H,7-10,12H2,1-6H3. The molecule has 3 nitrogen and oxygen atoms in total. The van der Waals surface area contributed by atoms with Gasteiger partial charge in [0, 0.05) is 29.6 Å². The van der Waals surface area contributed by atoms with Gasteiger partial charge in [0.25, 0.3) is 0 Å². The number of pyridine rings is 1. The van der Waals surface area contributed by atoms with E-state index in [0.717, 1.165) is 43.7 Å². The number of rotatable bonds is 8. The van der Waals surface area contributed by atoms with Gasteiger partial charge in [-0.05, 0) is 45.1 Å². The van der Waals surface area contributed by atoms with Crippen molar-refractivity contribution in [1.29, 1.82) is 0 Å². The van der Waals surface area contributed by atoms with E-state index in [2.05, 4.69) is 38.0 Å². The van der Waals surface area contributed by atoms with Gasteiger partial charge in [-0.3, -0.25) is 4.98 Å². The first-order valence-electron chi connectivity index (χ1n) is 7.73. The van der Waals surface area contributed by atoms with Crippen molar-refractivity contribution in [2.75, 3.05) is 20.2 Å². The fraction of sp³-hybridized carbons (Fsp3) is 0.706. The van der Waals surface area contributed by atoms with Gasteiger partial charge in [0.15, 0.2) is 0 Å². The van der Waals surface area contributed by atoms with E-state index >= 15 is 0 Å². The molecule has 0 unspecified atom stereocenters. The zero-order chi connectivity index (χ0) is 15.2. The molecule has 0 fully saturated rings. The molecule has 1 aromatic heterocycles. The molecule has 0 radical (unpaired) electrons. The maximum Gasteiger partial charge on any atom is 0.128 e. The Labute approximate surface area is 124 Å². The van der Waals surface area contributed by atoms with Crippen LogP contribution in [0.3, 0.4) is 0 Å². The van der Waals surface area contributed by atoms with Gasteiger partial charge in [-0.1, -0.05) is 20.8 Å². The van der Waals surface area contributed by atoms with Crippen molar-refractivity contribution in [3.8, 4) is 5.75 Å². The van der Waals surface area contributed by atoms with E-state index in [1.165, 1.54) is 11.3 Å². The minimum atomic E-state index is 0.286. The summed E-state index contributed by atoms with van der Waals surface area (Å²) in [6.45, 7) is 13.0. The molecule has 3 heteroatoms. The highest BCUT2D eigenvalue weighted by Crippen LogP contribution is 2.33. The summed E-state index contributed by atoms with van der Waals surface area (Å²) in [6, 6.07) is 0. The number of aryl methyl sites for hydroxylation is 1. The number of methoxy groups -OCH3 is 1. The minimum absolute atomic E-state index is 0.286. The Morgan fingerprint density at radius 3 is 2.35 bits per heavy atom. The number of hydrogen-bond acceptors (Lipinski definition) is 3. The van der Waals surface area contributed by atoms with Crippen LogP contribution in [0.2, 0.25) is 0 Å². The van der Waals surface area contributed by atoms with Gasteiger partial charge in [-0.2, -0.15) is 0 Å². The number of hydrogen-bond donors (Lipinski definition) is 1. The minimum Gasteiger partial charge on any atom is -0.496 e. The first-order valence-corrected chi connectivity index (χ1v) is 7.73. The second kappa shape index (κ2) is 7.63. The molecular weight excluding hydrogens is 248 g/mol. The summed E-state index contributed by atoms with van der Waals surface area (Å²) in [5.74, 6) is 0.986. The molecule has 0 aromatic carbocycles. The second-order valence-electron chi connectivity index (χ2n) is 5.71. The van der Waals surface area contributed by atoms with Crippen molar-refractivity contribution >= 4 is 0 Å². The molecule has 1 rings (SSSR count). The summed E-state index contributed by atoms with van der Waals surface area (Å²) >= 11 is 0. The van der Waals surface area contributed by atoms with Gasteiger partial charge in [0.2, 0.25) is 0 Å². The van der Waals surface area contributed by atoms with Crippen LogP contribution in [0.4, 0.5) is 0 Å². The van der Waals surface area contributed by atoms with Crippen LogP contribution < -0.4 is 10.1 Å². The molecule has 0 aliphatic carbocycles. The molecule has 0 spiro atoms. The Hall–Kier alpha value is -1.09. The summed E-state index contributed by atoms with van der Waals surface area (Å²) in [5.41, 5.74) is 3.76. The molecule has 0 saturated carbocycles. The Kier molecular flexibility index (Phi) is 6.47. The third kappa shape index (κ3) is 3.72. The summed E-state index contributed by atoms with van der Waals surface area (Å²) in [5, 5.41) is 3.51. The molecule has 0 bridgehead atoms. The lowest BCUT2D eigenvalue weighted by Gasteiger charge is -2.32. The van der Waals surface area contributed by atoms with Gasteiger partial charge in [-0.15, -0.1) is 0 Å². The van der Waals surface area contributed by atoms with E-state index < -0.39 is 0 Å². The zero-order valence-electron chi connectivity index (χ0n) is 14.0. The molecule has 1 N–H and O–H groups in total. The fourth-order valence-corrected chi connectivity index (χ4v) is 2.81. The predicted molar refractivity (Wildman–Crippen MR) is 85.5 cm³/mol. The smallest absolute Gasteiger partial charge is 0.128 e. The molecule has 0 aliphatic heterocycles. The normalized spacial score (nSPS) is 11.7. The third-order valence-electron chi connectivity index (χ3n) is 4.54. The first kappa shape index (κ1) is 17.0.